The first kappa shape index (κ1) is 12.3. The van der Waals surface area contributed by atoms with Crippen LogP contribution in [0.5, 0.6) is 0 Å². The average Bonchev–Trinajstić information content (AvgIpc) is 2.16. The van der Waals surface area contributed by atoms with Gasteiger partial charge in [-0.1, -0.05) is 30.3 Å². The van der Waals surface area contributed by atoms with Gasteiger partial charge in [0.05, 0.1) is 6.26 Å². The molecule has 0 aromatic heterocycles. The van der Waals surface area contributed by atoms with Gasteiger partial charge < -0.3 is 9.47 Å². The predicted molar refractivity (Wildman–Crippen MR) is 62.8 cm³/mol. The number of carbonyl (C=O) groups is 1. The first-order chi connectivity index (χ1) is 7.47. The van der Waals surface area contributed by atoms with E-state index in [0.29, 0.717) is 0 Å². The Morgan fingerprint density at radius 2 is 1.81 bits per heavy atom. The minimum absolute atomic E-state index is 0.530. The molecular formula is C13H16O3. The summed E-state index contributed by atoms with van der Waals surface area (Å²) in [5.41, 5.74) is 0.434. The lowest BCUT2D eigenvalue weighted by Crippen LogP contribution is -2.23. The molecule has 3 heteroatoms. The first-order valence-electron chi connectivity index (χ1n) is 5.08. The zero-order chi connectivity index (χ0) is 12.0. The maximum absolute atomic E-state index is 11.2. The third-order valence-corrected chi connectivity index (χ3v) is 1.61. The Morgan fingerprint density at radius 3 is 2.38 bits per heavy atom. The predicted octanol–water partition coefficient (Wildman–Crippen LogP) is 3.61. The summed E-state index contributed by atoms with van der Waals surface area (Å²) in [6, 6.07) is 9.57. The monoisotopic (exact) mass is 220 g/mol. The summed E-state index contributed by atoms with van der Waals surface area (Å²) in [4.78, 5) is 11.2. The van der Waals surface area contributed by atoms with E-state index in [0.717, 1.165) is 5.56 Å². The third-order valence-electron chi connectivity index (χ3n) is 1.61. The summed E-state index contributed by atoms with van der Waals surface area (Å²) in [6.45, 7) is 5.36. The molecular weight excluding hydrogens is 204 g/mol. The van der Waals surface area contributed by atoms with Crippen LogP contribution in [-0.4, -0.2) is 11.8 Å². The van der Waals surface area contributed by atoms with Crippen LogP contribution in [0.1, 0.15) is 26.3 Å². The van der Waals surface area contributed by atoms with E-state index in [1.54, 1.807) is 26.8 Å². The zero-order valence-corrected chi connectivity index (χ0v) is 9.77. The van der Waals surface area contributed by atoms with Gasteiger partial charge >= 0.3 is 6.16 Å². The Hall–Kier alpha value is -1.77. The van der Waals surface area contributed by atoms with Crippen molar-refractivity contribution in [2.45, 2.75) is 26.4 Å². The minimum atomic E-state index is -0.695. The Morgan fingerprint density at radius 1 is 1.19 bits per heavy atom. The molecule has 0 aliphatic rings. The average molecular weight is 220 g/mol. The van der Waals surface area contributed by atoms with E-state index in [2.05, 4.69) is 0 Å². The molecule has 0 amide bonds. The van der Waals surface area contributed by atoms with Crippen LogP contribution in [0.4, 0.5) is 4.79 Å². The molecule has 0 radical (unpaired) electrons. The lowest BCUT2D eigenvalue weighted by molar-refractivity contribution is 0.0113. The van der Waals surface area contributed by atoms with Crippen LogP contribution in [-0.2, 0) is 9.47 Å². The highest BCUT2D eigenvalue weighted by Crippen LogP contribution is 2.08. The maximum atomic E-state index is 11.2. The summed E-state index contributed by atoms with van der Waals surface area (Å²) in [5.74, 6) is 0. The van der Waals surface area contributed by atoms with Gasteiger partial charge in [0, 0.05) is 0 Å². The van der Waals surface area contributed by atoms with Gasteiger partial charge in [-0.2, -0.15) is 0 Å². The summed E-state index contributed by atoms with van der Waals surface area (Å²) in [5, 5.41) is 0. The molecule has 0 heterocycles. The number of benzene rings is 1. The van der Waals surface area contributed by atoms with Gasteiger partial charge in [0.25, 0.3) is 0 Å². The SMILES string of the molecule is CC(C)(C)OC(=O)O/C=C/c1ccccc1. The van der Waals surface area contributed by atoms with E-state index >= 15 is 0 Å². The molecule has 3 nitrogen and oxygen atoms in total. The highest BCUT2D eigenvalue weighted by atomic mass is 16.7. The van der Waals surface area contributed by atoms with Crippen molar-refractivity contribution in [1.29, 1.82) is 0 Å². The molecule has 0 atom stereocenters. The van der Waals surface area contributed by atoms with Gasteiger partial charge in [0.2, 0.25) is 0 Å². The van der Waals surface area contributed by atoms with Crippen molar-refractivity contribution in [2.24, 2.45) is 0 Å². The summed E-state index contributed by atoms with van der Waals surface area (Å²) < 4.78 is 9.74. The smallest absolute Gasteiger partial charge is 0.428 e. The fourth-order valence-corrected chi connectivity index (χ4v) is 1.01. The van der Waals surface area contributed by atoms with E-state index in [-0.39, 0.29) is 0 Å². The van der Waals surface area contributed by atoms with E-state index in [9.17, 15) is 4.79 Å². The Labute approximate surface area is 95.7 Å². The van der Waals surface area contributed by atoms with Crippen LogP contribution in [0.2, 0.25) is 0 Å². The second-order valence-corrected chi connectivity index (χ2v) is 4.30. The second kappa shape index (κ2) is 5.35. The topological polar surface area (TPSA) is 35.5 Å². The molecule has 0 bridgehead atoms. The Balaban J connectivity index is 2.41. The fraction of sp³-hybridized carbons (Fsp3) is 0.308. The molecule has 0 saturated carbocycles. The molecule has 1 aromatic rings. The number of carbonyl (C=O) groups excluding carboxylic acids is 1. The van der Waals surface area contributed by atoms with Crippen molar-refractivity contribution < 1.29 is 14.3 Å². The van der Waals surface area contributed by atoms with Crippen LogP contribution in [0.25, 0.3) is 6.08 Å². The summed E-state index contributed by atoms with van der Waals surface area (Å²) in [6.07, 6.45) is 2.33. The minimum Gasteiger partial charge on any atom is -0.428 e. The zero-order valence-electron chi connectivity index (χ0n) is 9.77. The van der Waals surface area contributed by atoms with Gasteiger partial charge in [-0.3, -0.25) is 0 Å². The number of hydrogen-bond acceptors (Lipinski definition) is 3. The highest BCUT2D eigenvalue weighted by molar-refractivity contribution is 5.62. The molecule has 1 aromatic carbocycles. The molecule has 0 fully saturated rings. The van der Waals surface area contributed by atoms with Gasteiger partial charge in [-0.25, -0.2) is 4.79 Å². The molecule has 0 unspecified atom stereocenters. The Bertz CT molecular complexity index is 361. The van der Waals surface area contributed by atoms with Crippen molar-refractivity contribution in [2.75, 3.05) is 0 Å². The number of ether oxygens (including phenoxy) is 2. The molecule has 0 aliphatic carbocycles. The Kier molecular flexibility index (Phi) is 4.11. The van der Waals surface area contributed by atoms with E-state index < -0.39 is 11.8 Å². The summed E-state index contributed by atoms with van der Waals surface area (Å²) in [7, 11) is 0. The maximum Gasteiger partial charge on any atom is 0.513 e. The van der Waals surface area contributed by atoms with Crippen LogP contribution in [0.3, 0.4) is 0 Å². The quantitative estimate of drug-likeness (QED) is 0.564. The van der Waals surface area contributed by atoms with Crippen LogP contribution < -0.4 is 0 Å². The number of rotatable bonds is 2. The van der Waals surface area contributed by atoms with Crippen molar-refractivity contribution in [3.8, 4) is 0 Å². The van der Waals surface area contributed by atoms with Gasteiger partial charge in [0.1, 0.15) is 5.60 Å². The molecule has 0 aliphatic heterocycles. The molecule has 0 N–H and O–H groups in total. The van der Waals surface area contributed by atoms with Crippen LogP contribution >= 0.6 is 0 Å². The van der Waals surface area contributed by atoms with Crippen LogP contribution in [0, 0.1) is 0 Å². The van der Waals surface area contributed by atoms with Crippen molar-refractivity contribution in [1.82, 2.24) is 0 Å². The van der Waals surface area contributed by atoms with Crippen LogP contribution in [0.15, 0.2) is 36.6 Å². The summed E-state index contributed by atoms with van der Waals surface area (Å²) >= 11 is 0. The molecule has 16 heavy (non-hydrogen) atoms. The molecule has 0 spiro atoms. The molecule has 86 valence electrons. The van der Waals surface area contributed by atoms with E-state index in [1.165, 1.54) is 6.26 Å². The molecule has 0 saturated heterocycles. The van der Waals surface area contributed by atoms with Gasteiger partial charge in [-0.15, -0.1) is 0 Å². The third kappa shape index (κ3) is 5.20. The van der Waals surface area contributed by atoms with Gasteiger partial charge in [0.15, 0.2) is 0 Å². The van der Waals surface area contributed by atoms with E-state index in [4.69, 9.17) is 9.47 Å². The van der Waals surface area contributed by atoms with Crippen molar-refractivity contribution >= 4 is 12.2 Å². The highest BCUT2D eigenvalue weighted by Gasteiger charge is 2.16. The largest absolute Gasteiger partial charge is 0.513 e. The van der Waals surface area contributed by atoms with E-state index in [1.807, 2.05) is 30.3 Å². The second-order valence-electron chi connectivity index (χ2n) is 4.30. The number of hydrogen-bond donors (Lipinski definition) is 0. The fourth-order valence-electron chi connectivity index (χ4n) is 1.01. The standard InChI is InChI=1S/C13H16O3/c1-13(2,3)16-12(14)15-10-9-11-7-5-4-6-8-11/h4-10H,1-3H3/b10-9+. The van der Waals surface area contributed by atoms with Crippen molar-refractivity contribution in [3.05, 3.63) is 42.2 Å². The lowest BCUT2D eigenvalue weighted by Gasteiger charge is -2.17. The van der Waals surface area contributed by atoms with Crippen molar-refractivity contribution in [3.63, 3.8) is 0 Å². The lowest BCUT2D eigenvalue weighted by atomic mass is 10.2. The van der Waals surface area contributed by atoms with Gasteiger partial charge in [-0.05, 0) is 32.4 Å². The normalized spacial score (nSPS) is 11.4. The first-order valence-corrected chi connectivity index (χ1v) is 5.08. The molecule has 1 rings (SSSR count).